The van der Waals surface area contributed by atoms with Gasteiger partial charge in [-0.05, 0) is 25.5 Å². The normalized spacial score (nSPS) is 16.8. The SMILES string of the molecule is CCC(C)Oc1cc(OCCN2CC(O)C2)nc2c(Cl)cccc12. The maximum Gasteiger partial charge on any atom is 0.217 e. The van der Waals surface area contributed by atoms with E-state index in [0.29, 0.717) is 36.1 Å². The lowest BCUT2D eigenvalue weighted by Gasteiger charge is -2.35. The molecule has 130 valence electrons. The third-order valence-electron chi connectivity index (χ3n) is 4.23. The van der Waals surface area contributed by atoms with Crippen molar-refractivity contribution in [2.45, 2.75) is 32.5 Å². The molecule has 0 spiro atoms. The number of para-hydroxylation sites is 1. The highest BCUT2D eigenvalue weighted by molar-refractivity contribution is 6.35. The second-order valence-corrected chi connectivity index (χ2v) is 6.60. The van der Waals surface area contributed by atoms with Gasteiger partial charge < -0.3 is 14.6 Å². The van der Waals surface area contributed by atoms with E-state index in [4.69, 9.17) is 21.1 Å². The molecule has 2 aromatic rings. The van der Waals surface area contributed by atoms with Gasteiger partial charge in [0.15, 0.2) is 0 Å². The molecule has 2 heterocycles. The molecule has 0 bridgehead atoms. The Morgan fingerprint density at radius 1 is 1.42 bits per heavy atom. The molecule has 1 atom stereocenters. The van der Waals surface area contributed by atoms with E-state index in [9.17, 15) is 5.11 Å². The summed E-state index contributed by atoms with van der Waals surface area (Å²) in [6, 6.07) is 7.49. The van der Waals surface area contributed by atoms with E-state index in [1.54, 1.807) is 0 Å². The third kappa shape index (κ3) is 3.91. The first-order valence-electron chi connectivity index (χ1n) is 8.36. The van der Waals surface area contributed by atoms with Crippen LogP contribution in [-0.4, -0.2) is 53.4 Å². The summed E-state index contributed by atoms with van der Waals surface area (Å²) in [5, 5.41) is 10.8. The van der Waals surface area contributed by atoms with Gasteiger partial charge in [-0.3, -0.25) is 4.90 Å². The van der Waals surface area contributed by atoms with Gasteiger partial charge in [-0.1, -0.05) is 24.6 Å². The van der Waals surface area contributed by atoms with Crippen molar-refractivity contribution in [2.75, 3.05) is 26.2 Å². The molecule has 1 aliphatic rings. The molecule has 1 aliphatic heterocycles. The number of hydrogen-bond donors (Lipinski definition) is 1. The maximum absolute atomic E-state index is 9.30. The summed E-state index contributed by atoms with van der Waals surface area (Å²) in [5.74, 6) is 1.25. The number of ether oxygens (including phenoxy) is 2. The monoisotopic (exact) mass is 350 g/mol. The van der Waals surface area contributed by atoms with Crippen LogP contribution in [0.2, 0.25) is 5.02 Å². The number of aliphatic hydroxyl groups is 1. The zero-order chi connectivity index (χ0) is 17.1. The van der Waals surface area contributed by atoms with Crippen molar-refractivity contribution < 1.29 is 14.6 Å². The number of pyridine rings is 1. The zero-order valence-electron chi connectivity index (χ0n) is 14.0. The molecule has 1 unspecified atom stereocenters. The quantitative estimate of drug-likeness (QED) is 0.831. The minimum atomic E-state index is -0.196. The molecule has 3 rings (SSSR count). The van der Waals surface area contributed by atoms with Crippen LogP contribution in [0.4, 0.5) is 0 Å². The molecule has 1 aromatic carbocycles. The highest BCUT2D eigenvalue weighted by Gasteiger charge is 2.23. The van der Waals surface area contributed by atoms with Gasteiger partial charge >= 0.3 is 0 Å². The van der Waals surface area contributed by atoms with Crippen molar-refractivity contribution >= 4 is 22.5 Å². The topological polar surface area (TPSA) is 54.8 Å². The number of aliphatic hydroxyl groups excluding tert-OH is 1. The summed E-state index contributed by atoms with van der Waals surface area (Å²) >= 11 is 6.29. The van der Waals surface area contributed by atoms with Crippen LogP contribution in [-0.2, 0) is 0 Å². The fourth-order valence-electron chi connectivity index (χ4n) is 2.64. The van der Waals surface area contributed by atoms with Crippen LogP contribution in [0.15, 0.2) is 24.3 Å². The second-order valence-electron chi connectivity index (χ2n) is 6.19. The average molecular weight is 351 g/mol. The number of fused-ring (bicyclic) bond motifs is 1. The highest BCUT2D eigenvalue weighted by Crippen LogP contribution is 2.33. The summed E-state index contributed by atoms with van der Waals surface area (Å²) in [6.07, 6.45) is 0.820. The molecular weight excluding hydrogens is 328 g/mol. The van der Waals surface area contributed by atoms with Crippen LogP contribution in [0.25, 0.3) is 10.9 Å². The van der Waals surface area contributed by atoms with Gasteiger partial charge in [0.2, 0.25) is 5.88 Å². The lowest BCUT2D eigenvalue weighted by molar-refractivity contribution is -0.00411. The Labute approximate surface area is 147 Å². The Morgan fingerprint density at radius 2 is 2.21 bits per heavy atom. The average Bonchev–Trinajstić information content (AvgIpc) is 2.54. The van der Waals surface area contributed by atoms with Gasteiger partial charge in [0.05, 0.1) is 22.7 Å². The fraction of sp³-hybridized carbons (Fsp3) is 0.500. The van der Waals surface area contributed by atoms with Crippen LogP contribution in [0.5, 0.6) is 11.6 Å². The van der Waals surface area contributed by atoms with Crippen LogP contribution in [0, 0.1) is 0 Å². The molecule has 6 heteroatoms. The van der Waals surface area contributed by atoms with E-state index >= 15 is 0 Å². The number of benzene rings is 1. The molecule has 1 saturated heterocycles. The Balaban J connectivity index is 1.78. The summed E-state index contributed by atoms with van der Waals surface area (Å²) in [5.41, 5.74) is 0.689. The minimum absolute atomic E-state index is 0.102. The van der Waals surface area contributed by atoms with E-state index in [-0.39, 0.29) is 12.2 Å². The van der Waals surface area contributed by atoms with Gasteiger partial charge in [-0.25, -0.2) is 4.98 Å². The number of nitrogens with zero attached hydrogens (tertiary/aromatic N) is 2. The number of hydrogen-bond acceptors (Lipinski definition) is 5. The standard InChI is InChI=1S/C18H23ClN2O3/c1-3-12(2)24-16-9-17(23-8-7-21-10-13(22)11-21)20-18-14(16)5-4-6-15(18)19/h4-6,9,12-13,22H,3,7-8,10-11H2,1-2H3. The van der Waals surface area contributed by atoms with Gasteiger partial charge in [-0.2, -0.15) is 0 Å². The molecular formula is C18H23ClN2O3. The first-order chi connectivity index (χ1) is 11.6. The largest absolute Gasteiger partial charge is 0.490 e. The molecule has 0 saturated carbocycles. The molecule has 1 N–H and O–H groups in total. The number of halogens is 1. The number of aromatic nitrogens is 1. The van der Waals surface area contributed by atoms with Crippen LogP contribution in [0.3, 0.4) is 0 Å². The Kier molecular flexibility index (Phi) is 5.43. The van der Waals surface area contributed by atoms with Crippen molar-refractivity contribution in [1.29, 1.82) is 0 Å². The molecule has 1 aromatic heterocycles. The Bertz CT molecular complexity index is 704. The molecule has 24 heavy (non-hydrogen) atoms. The van der Waals surface area contributed by atoms with Crippen molar-refractivity contribution in [3.63, 3.8) is 0 Å². The van der Waals surface area contributed by atoms with E-state index in [0.717, 1.165) is 24.1 Å². The molecule has 0 aliphatic carbocycles. The van der Waals surface area contributed by atoms with Gasteiger partial charge in [0.1, 0.15) is 12.4 Å². The first kappa shape index (κ1) is 17.3. The predicted octanol–water partition coefficient (Wildman–Crippen LogP) is 3.12. The van der Waals surface area contributed by atoms with Gasteiger partial charge in [-0.15, -0.1) is 0 Å². The van der Waals surface area contributed by atoms with Crippen LogP contribution < -0.4 is 9.47 Å². The van der Waals surface area contributed by atoms with Crippen molar-refractivity contribution in [2.24, 2.45) is 0 Å². The predicted molar refractivity (Wildman–Crippen MR) is 95.1 cm³/mol. The number of likely N-dealkylation sites (tertiary alicyclic amines) is 1. The molecule has 0 amide bonds. The summed E-state index contributed by atoms with van der Waals surface area (Å²) in [6.45, 7) is 6.82. The second kappa shape index (κ2) is 7.55. The van der Waals surface area contributed by atoms with Crippen LogP contribution >= 0.6 is 11.6 Å². The van der Waals surface area contributed by atoms with Crippen LogP contribution in [0.1, 0.15) is 20.3 Å². The van der Waals surface area contributed by atoms with Gasteiger partial charge in [0, 0.05) is 31.1 Å². The molecule has 5 nitrogen and oxygen atoms in total. The summed E-state index contributed by atoms with van der Waals surface area (Å²) in [4.78, 5) is 6.66. The number of β-amino-alcohol motifs (C(OH)–C–C–N with tert-alkyl or cyclic N) is 1. The maximum atomic E-state index is 9.30. The molecule has 0 radical (unpaired) electrons. The first-order valence-corrected chi connectivity index (χ1v) is 8.73. The Morgan fingerprint density at radius 3 is 2.92 bits per heavy atom. The minimum Gasteiger partial charge on any atom is -0.490 e. The van der Waals surface area contributed by atoms with E-state index in [1.165, 1.54) is 0 Å². The summed E-state index contributed by atoms with van der Waals surface area (Å²) < 4.78 is 11.8. The van der Waals surface area contributed by atoms with Crippen molar-refractivity contribution in [3.05, 3.63) is 29.3 Å². The molecule has 1 fully saturated rings. The van der Waals surface area contributed by atoms with E-state index in [2.05, 4.69) is 16.8 Å². The van der Waals surface area contributed by atoms with Gasteiger partial charge in [0.25, 0.3) is 0 Å². The van der Waals surface area contributed by atoms with E-state index < -0.39 is 0 Å². The lowest BCUT2D eigenvalue weighted by Crippen LogP contribution is -2.51. The lowest BCUT2D eigenvalue weighted by atomic mass is 10.2. The highest BCUT2D eigenvalue weighted by atomic mass is 35.5. The summed E-state index contributed by atoms with van der Waals surface area (Å²) in [7, 11) is 0. The van der Waals surface area contributed by atoms with Crippen molar-refractivity contribution in [3.8, 4) is 11.6 Å². The fourth-order valence-corrected chi connectivity index (χ4v) is 2.85. The zero-order valence-corrected chi connectivity index (χ0v) is 14.8. The third-order valence-corrected chi connectivity index (χ3v) is 4.53. The number of rotatable bonds is 7. The van der Waals surface area contributed by atoms with E-state index in [1.807, 2.05) is 31.2 Å². The van der Waals surface area contributed by atoms with Crippen molar-refractivity contribution in [1.82, 2.24) is 9.88 Å². The smallest absolute Gasteiger partial charge is 0.217 e. The Hall–Kier alpha value is -1.56.